The van der Waals surface area contributed by atoms with Crippen molar-refractivity contribution in [3.8, 4) is 23.0 Å². The first-order valence-corrected chi connectivity index (χ1v) is 10.4. The van der Waals surface area contributed by atoms with Crippen molar-refractivity contribution < 1.29 is 32.9 Å². The Balaban J connectivity index is 1.56. The minimum atomic E-state index is -0.394. The third kappa shape index (κ3) is 4.59. The molecule has 3 aromatic carbocycles. The van der Waals surface area contributed by atoms with E-state index in [0.717, 1.165) is 5.56 Å². The van der Waals surface area contributed by atoms with Crippen LogP contribution in [0.2, 0.25) is 0 Å². The highest BCUT2D eigenvalue weighted by Crippen LogP contribution is 2.39. The number of hydrogen-bond acceptors (Lipinski definition) is 6. The first-order chi connectivity index (χ1) is 16.4. The van der Waals surface area contributed by atoms with E-state index >= 15 is 0 Å². The molecule has 0 bridgehead atoms. The lowest BCUT2D eigenvalue weighted by atomic mass is 10.1. The molecule has 3 aromatic rings. The van der Waals surface area contributed by atoms with Crippen molar-refractivity contribution in [3.63, 3.8) is 0 Å². The van der Waals surface area contributed by atoms with E-state index < -0.39 is 5.91 Å². The number of halogens is 1. The zero-order valence-corrected chi connectivity index (χ0v) is 18.9. The lowest BCUT2D eigenvalue weighted by Gasteiger charge is -2.29. The molecule has 34 heavy (non-hydrogen) atoms. The van der Waals surface area contributed by atoms with Gasteiger partial charge < -0.3 is 29.2 Å². The van der Waals surface area contributed by atoms with Crippen LogP contribution in [-0.2, 0) is 11.3 Å². The highest BCUT2D eigenvalue weighted by molar-refractivity contribution is 6.06. The maximum absolute atomic E-state index is 13.2. The summed E-state index contributed by atoms with van der Waals surface area (Å²) in [7, 11) is 4.43. The fraction of sp³-hybridized carbons (Fsp3) is 0.200. The van der Waals surface area contributed by atoms with Crippen molar-refractivity contribution in [1.29, 1.82) is 0 Å². The van der Waals surface area contributed by atoms with Crippen molar-refractivity contribution in [2.24, 2.45) is 0 Å². The Hall–Kier alpha value is -4.27. The van der Waals surface area contributed by atoms with Gasteiger partial charge in [0.05, 0.1) is 33.6 Å². The van der Waals surface area contributed by atoms with Crippen LogP contribution < -0.4 is 29.2 Å². The van der Waals surface area contributed by atoms with Crippen LogP contribution in [-0.4, -0.2) is 39.8 Å². The molecule has 1 aliphatic rings. The summed E-state index contributed by atoms with van der Waals surface area (Å²) in [5, 5.41) is 2.81. The molecule has 0 atom stereocenters. The summed E-state index contributed by atoms with van der Waals surface area (Å²) >= 11 is 0. The number of hydrogen-bond donors (Lipinski definition) is 1. The molecule has 1 aliphatic heterocycles. The summed E-state index contributed by atoms with van der Waals surface area (Å²) in [6, 6.07) is 14.1. The molecule has 2 amide bonds. The van der Waals surface area contributed by atoms with Crippen LogP contribution in [0, 0.1) is 5.82 Å². The van der Waals surface area contributed by atoms with Crippen molar-refractivity contribution in [2.75, 3.05) is 38.2 Å². The van der Waals surface area contributed by atoms with Gasteiger partial charge in [-0.1, -0.05) is 12.1 Å². The van der Waals surface area contributed by atoms with Crippen LogP contribution in [0.25, 0.3) is 0 Å². The van der Waals surface area contributed by atoms with Crippen molar-refractivity contribution in [1.82, 2.24) is 0 Å². The fourth-order valence-electron chi connectivity index (χ4n) is 3.64. The zero-order chi connectivity index (χ0) is 24.2. The number of methoxy groups -OCH3 is 3. The fourth-order valence-corrected chi connectivity index (χ4v) is 3.64. The van der Waals surface area contributed by atoms with Gasteiger partial charge in [-0.2, -0.15) is 0 Å². The van der Waals surface area contributed by atoms with Crippen LogP contribution in [0.15, 0.2) is 54.6 Å². The average Bonchev–Trinajstić information content (AvgIpc) is 2.85. The molecule has 1 heterocycles. The maximum atomic E-state index is 13.2. The molecule has 0 fully saturated rings. The van der Waals surface area contributed by atoms with Crippen LogP contribution in [0.1, 0.15) is 15.9 Å². The van der Waals surface area contributed by atoms with Crippen LogP contribution in [0.3, 0.4) is 0 Å². The monoisotopic (exact) mass is 466 g/mol. The van der Waals surface area contributed by atoms with E-state index in [1.807, 2.05) is 0 Å². The van der Waals surface area contributed by atoms with E-state index in [-0.39, 0.29) is 24.9 Å². The smallest absolute Gasteiger partial charge is 0.265 e. The molecule has 1 N–H and O–H groups in total. The minimum Gasteiger partial charge on any atom is -0.493 e. The first-order valence-electron chi connectivity index (χ1n) is 10.4. The average molecular weight is 466 g/mol. The number of fused-ring (bicyclic) bond motifs is 1. The second kappa shape index (κ2) is 9.70. The van der Waals surface area contributed by atoms with E-state index in [4.69, 9.17) is 18.9 Å². The normalized spacial score (nSPS) is 12.5. The molecule has 0 aromatic heterocycles. The maximum Gasteiger partial charge on any atom is 0.265 e. The minimum absolute atomic E-state index is 0.140. The van der Waals surface area contributed by atoms with E-state index in [0.29, 0.717) is 39.9 Å². The number of carbonyl (C=O) groups is 2. The van der Waals surface area contributed by atoms with E-state index in [1.54, 1.807) is 47.4 Å². The molecule has 0 radical (unpaired) electrons. The van der Waals surface area contributed by atoms with Gasteiger partial charge in [-0.05, 0) is 42.0 Å². The predicted octanol–water partition coefficient (Wildman–Crippen LogP) is 4.03. The van der Waals surface area contributed by atoms with Gasteiger partial charge >= 0.3 is 0 Å². The summed E-state index contributed by atoms with van der Waals surface area (Å²) in [5.74, 6) is 0.593. The molecule has 0 spiro atoms. The second-order valence-electron chi connectivity index (χ2n) is 7.45. The standard InChI is InChI=1S/C25H23FN2O6/c1-31-21-10-16(11-22(32-2)24(21)33-3)25(30)27-18-8-9-19-20(12-18)34-14-23(29)28(19)13-15-4-6-17(26)7-5-15/h4-12H,13-14H2,1-3H3,(H,27,30). The number of carbonyl (C=O) groups excluding carboxylic acids is 2. The zero-order valence-electron chi connectivity index (χ0n) is 18.9. The van der Waals surface area contributed by atoms with Gasteiger partial charge in [0.1, 0.15) is 11.6 Å². The van der Waals surface area contributed by atoms with Gasteiger partial charge in [-0.15, -0.1) is 0 Å². The first kappa shape index (κ1) is 22.9. The Morgan fingerprint density at radius 2 is 1.68 bits per heavy atom. The quantitative estimate of drug-likeness (QED) is 0.566. The van der Waals surface area contributed by atoms with Crippen LogP contribution >= 0.6 is 0 Å². The number of rotatable bonds is 7. The highest BCUT2D eigenvalue weighted by Gasteiger charge is 2.26. The number of ether oxygens (including phenoxy) is 4. The Bertz CT molecular complexity index is 1200. The molecular formula is C25H23FN2O6. The summed E-state index contributed by atoms with van der Waals surface area (Å²) in [6.45, 7) is 0.130. The van der Waals surface area contributed by atoms with Gasteiger partial charge in [0.2, 0.25) is 5.75 Å². The molecule has 0 unspecified atom stereocenters. The van der Waals surface area contributed by atoms with E-state index in [9.17, 15) is 14.0 Å². The Morgan fingerprint density at radius 1 is 1.00 bits per heavy atom. The van der Waals surface area contributed by atoms with Crippen LogP contribution in [0.5, 0.6) is 23.0 Å². The second-order valence-corrected chi connectivity index (χ2v) is 7.45. The molecule has 0 saturated heterocycles. The molecule has 0 saturated carbocycles. The third-order valence-corrected chi connectivity index (χ3v) is 5.34. The van der Waals surface area contributed by atoms with Gasteiger partial charge in [0.15, 0.2) is 18.1 Å². The van der Waals surface area contributed by atoms with Crippen LogP contribution in [0.4, 0.5) is 15.8 Å². The Labute approximate surface area is 195 Å². The summed E-state index contributed by atoms with van der Waals surface area (Å²) < 4.78 is 34.7. The molecular weight excluding hydrogens is 443 g/mol. The van der Waals surface area contributed by atoms with Gasteiger partial charge in [0, 0.05) is 17.3 Å². The van der Waals surface area contributed by atoms with E-state index in [1.165, 1.54) is 33.5 Å². The van der Waals surface area contributed by atoms with Crippen molar-refractivity contribution in [3.05, 3.63) is 71.5 Å². The molecule has 0 aliphatic carbocycles. The number of nitrogens with zero attached hydrogens (tertiary/aromatic N) is 1. The summed E-state index contributed by atoms with van der Waals surface area (Å²) in [5.41, 5.74) is 2.13. The highest BCUT2D eigenvalue weighted by atomic mass is 19.1. The third-order valence-electron chi connectivity index (χ3n) is 5.34. The molecule has 9 heteroatoms. The number of anilines is 2. The summed E-state index contributed by atoms with van der Waals surface area (Å²) in [4.78, 5) is 26.9. The van der Waals surface area contributed by atoms with Gasteiger partial charge in [-0.3, -0.25) is 9.59 Å². The number of amides is 2. The molecule has 4 rings (SSSR count). The van der Waals surface area contributed by atoms with Crippen molar-refractivity contribution in [2.45, 2.75) is 6.54 Å². The lowest BCUT2D eigenvalue weighted by Crippen LogP contribution is -2.38. The Morgan fingerprint density at radius 3 is 2.29 bits per heavy atom. The topological polar surface area (TPSA) is 86.3 Å². The SMILES string of the molecule is COc1cc(C(=O)Nc2ccc3c(c2)OCC(=O)N3Cc2ccc(F)cc2)cc(OC)c1OC. The van der Waals surface area contributed by atoms with E-state index in [2.05, 4.69) is 5.32 Å². The van der Waals surface area contributed by atoms with Gasteiger partial charge in [-0.25, -0.2) is 4.39 Å². The van der Waals surface area contributed by atoms with Crippen molar-refractivity contribution >= 4 is 23.2 Å². The number of nitrogens with one attached hydrogen (secondary N) is 1. The summed E-state index contributed by atoms with van der Waals surface area (Å²) in [6.07, 6.45) is 0. The molecule has 176 valence electrons. The largest absolute Gasteiger partial charge is 0.493 e. The lowest BCUT2D eigenvalue weighted by molar-refractivity contribution is -0.121. The Kier molecular flexibility index (Phi) is 6.53. The number of benzene rings is 3. The predicted molar refractivity (Wildman–Crippen MR) is 124 cm³/mol. The molecule has 8 nitrogen and oxygen atoms in total. The van der Waals surface area contributed by atoms with Gasteiger partial charge in [0.25, 0.3) is 11.8 Å².